The van der Waals surface area contributed by atoms with E-state index in [-0.39, 0.29) is 11.8 Å². The van der Waals surface area contributed by atoms with Crippen molar-refractivity contribution in [3.8, 4) is 0 Å². The van der Waals surface area contributed by atoms with Gasteiger partial charge >= 0.3 is 0 Å². The summed E-state index contributed by atoms with van der Waals surface area (Å²) < 4.78 is 0. The minimum Gasteiger partial charge on any atom is -0.268 e. The van der Waals surface area contributed by atoms with Gasteiger partial charge in [0.1, 0.15) is 0 Å². The average molecular weight is 322 g/mol. The van der Waals surface area contributed by atoms with Gasteiger partial charge in [0.25, 0.3) is 11.8 Å². The molecule has 2 N–H and O–H groups in total. The molecular weight excluding hydrogens is 300 g/mol. The number of benzene rings is 2. The van der Waals surface area contributed by atoms with Crippen LogP contribution in [0, 0.1) is 6.92 Å². The van der Waals surface area contributed by atoms with Crippen LogP contribution in [0.2, 0.25) is 0 Å². The normalized spacial score (nSPS) is 10.8. The van der Waals surface area contributed by atoms with Gasteiger partial charge in [-0.25, -0.2) is 0 Å². The molecule has 2 rings (SSSR count). The van der Waals surface area contributed by atoms with Gasteiger partial charge in [-0.15, -0.1) is 0 Å². The zero-order valence-electron chi connectivity index (χ0n) is 14.2. The molecule has 124 valence electrons. The summed E-state index contributed by atoms with van der Waals surface area (Å²) in [5.74, 6) is -0.259. The SMILES string of the molecule is Cc1ccc(C(=O)NNC(=O)/C=C/c2ccc(C(C)C)cc2)cc1. The molecule has 2 aromatic rings. The molecule has 0 aliphatic rings. The monoisotopic (exact) mass is 322 g/mol. The van der Waals surface area contributed by atoms with Gasteiger partial charge in [-0.1, -0.05) is 55.8 Å². The zero-order valence-corrected chi connectivity index (χ0v) is 14.2. The lowest BCUT2D eigenvalue weighted by molar-refractivity contribution is -0.117. The summed E-state index contributed by atoms with van der Waals surface area (Å²) in [4.78, 5) is 23.7. The summed E-state index contributed by atoms with van der Waals surface area (Å²) >= 11 is 0. The van der Waals surface area contributed by atoms with Crippen molar-refractivity contribution in [3.63, 3.8) is 0 Å². The molecule has 0 aliphatic heterocycles. The van der Waals surface area contributed by atoms with Crippen molar-refractivity contribution in [2.75, 3.05) is 0 Å². The highest BCUT2D eigenvalue weighted by atomic mass is 16.2. The number of carbonyl (C=O) groups excluding carboxylic acids is 2. The number of nitrogens with one attached hydrogen (secondary N) is 2. The molecule has 0 radical (unpaired) electrons. The summed E-state index contributed by atoms with van der Waals surface area (Å²) in [5, 5.41) is 0. The topological polar surface area (TPSA) is 58.2 Å². The Labute approximate surface area is 142 Å². The molecule has 0 bridgehead atoms. The van der Waals surface area contributed by atoms with E-state index in [2.05, 4.69) is 24.7 Å². The standard InChI is InChI=1S/C20H22N2O2/c1-14(2)17-11-6-16(7-12-17)8-13-19(23)21-22-20(24)18-9-4-15(3)5-10-18/h4-14H,1-3H3,(H,21,23)(H,22,24)/b13-8+. The summed E-state index contributed by atoms with van der Waals surface area (Å²) in [6, 6.07) is 15.1. The summed E-state index contributed by atoms with van der Waals surface area (Å²) in [6.07, 6.45) is 3.09. The lowest BCUT2D eigenvalue weighted by atomic mass is 10.0. The van der Waals surface area contributed by atoms with Crippen molar-refractivity contribution in [2.24, 2.45) is 0 Å². The van der Waals surface area contributed by atoms with E-state index in [9.17, 15) is 9.59 Å². The van der Waals surface area contributed by atoms with Gasteiger partial charge in [-0.3, -0.25) is 20.4 Å². The van der Waals surface area contributed by atoms with Crippen molar-refractivity contribution in [1.82, 2.24) is 10.9 Å². The minimum absolute atomic E-state index is 0.349. The molecule has 0 saturated heterocycles. The molecule has 0 spiro atoms. The molecule has 0 heterocycles. The molecule has 2 amide bonds. The number of amides is 2. The summed E-state index contributed by atoms with van der Waals surface area (Å²) in [6.45, 7) is 6.21. The largest absolute Gasteiger partial charge is 0.269 e. The van der Waals surface area contributed by atoms with Gasteiger partial charge in [0.15, 0.2) is 0 Å². The fourth-order valence-electron chi connectivity index (χ4n) is 2.10. The van der Waals surface area contributed by atoms with E-state index in [0.29, 0.717) is 11.5 Å². The van der Waals surface area contributed by atoms with Crippen LogP contribution in [0.4, 0.5) is 0 Å². The molecule has 0 atom stereocenters. The predicted octanol–water partition coefficient (Wildman–Crippen LogP) is 3.59. The third-order valence-corrected chi connectivity index (χ3v) is 3.64. The first-order chi connectivity index (χ1) is 11.5. The van der Waals surface area contributed by atoms with Crippen molar-refractivity contribution in [2.45, 2.75) is 26.7 Å². The second-order valence-electron chi connectivity index (χ2n) is 5.96. The quantitative estimate of drug-likeness (QED) is 0.667. The molecule has 4 heteroatoms. The van der Waals surface area contributed by atoms with Crippen LogP contribution in [-0.2, 0) is 4.79 Å². The van der Waals surface area contributed by atoms with E-state index in [1.807, 2.05) is 43.3 Å². The van der Waals surface area contributed by atoms with Crippen LogP contribution in [0.3, 0.4) is 0 Å². The smallest absolute Gasteiger partial charge is 0.268 e. The predicted molar refractivity (Wildman–Crippen MR) is 96.4 cm³/mol. The van der Waals surface area contributed by atoms with Gasteiger partial charge in [0, 0.05) is 11.6 Å². The Balaban J connectivity index is 1.86. The number of hydrogen-bond donors (Lipinski definition) is 2. The number of carbonyl (C=O) groups is 2. The Kier molecular flexibility index (Phi) is 5.90. The first kappa shape index (κ1) is 17.5. The fraction of sp³-hybridized carbons (Fsp3) is 0.200. The Morgan fingerprint density at radius 1 is 0.917 bits per heavy atom. The third kappa shape index (κ3) is 5.09. The van der Waals surface area contributed by atoms with E-state index in [4.69, 9.17) is 0 Å². The second kappa shape index (κ2) is 8.11. The third-order valence-electron chi connectivity index (χ3n) is 3.64. The molecule has 0 unspecified atom stereocenters. The number of aryl methyl sites for hydroxylation is 1. The highest BCUT2D eigenvalue weighted by Crippen LogP contribution is 2.15. The van der Waals surface area contributed by atoms with Crippen LogP contribution in [0.1, 0.15) is 46.8 Å². The van der Waals surface area contributed by atoms with Gasteiger partial charge in [-0.2, -0.15) is 0 Å². The molecule has 0 aromatic heterocycles. The molecule has 0 fully saturated rings. The van der Waals surface area contributed by atoms with Gasteiger partial charge in [0.2, 0.25) is 0 Å². The van der Waals surface area contributed by atoms with Crippen molar-refractivity contribution in [1.29, 1.82) is 0 Å². The second-order valence-corrected chi connectivity index (χ2v) is 5.96. The highest BCUT2D eigenvalue weighted by molar-refractivity contribution is 5.97. The van der Waals surface area contributed by atoms with Crippen molar-refractivity contribution < 1.29 is 9.59 Å². The van der Waals surface area contributed by atoms with E-state index < -0.39 is 0 Å². The van der Waals surface area contributed by atoms with Crippen LogP contribution in [-0.4, -0.2) is 11.8 Å². The summed E-state index contributed by atoms with van der Waals surface area (Å²) in [5.41, 5.74) is 8.51. The molecule has 0 aliphatic carbocycles. The Morgan fingerprint density at radius 2 is 1.54 bits per heavy atom. The average Bonchev–Trinajstić information content (AvgIpc) is 2.58. The lowest BCUT2D eigenvalue weighted by Crippen LogP contribution is -2.40. The Morgan fingerprint density at radius 3 is 2.12 bits per heavy atom. The van der Waals surface area contributed by atoms with Crippen molar-refractivity contribution >= 4 is 17.9 Å². The summed E-state index contributed by atoms with van der Waals surface area (Å²) in [7, 11) is 0. The maximum absolute atomic E-state index is 11.9. The minimum atomic E-state index is -0.386. The van der Waals surface area contributed by atoms with Crippen LogP contribution in [0.15, 0.2) is 54.6 Å². The Hall–Kier alpha value is -2.88. The molecular formula is C20H22N2O2. The van der Waals surface area contributed by atoms with Gasteiger partial charge in [0.05, 0.1) is 0 Å². The van der Waals surface area contributed by atoms with Crippen molar-refractivity contribution in [3.05, 3.63) is 76.9 Å². The highest BCUT2D eigenvalue weighted by Gasteiger charge is 2.05. The van der Waals surface area contributed by atoms with E-state index in [1.165, 1.54) is 11.6 Å². The van der Waals surface area contributed by atoms with E-state index >= 15 is 0 Å². The zero-order chi connectivity index (χ0) is 17.5. The first-order valence-corrected chi connectivity index (χ1v) is 7.91. The molecule has 4 nitrogen and oxygen atoms in total. The first-order valence-electron chi connectivity index (χ1n) is 7.91. The maximum Gasteiger partial charge on any atom is 0.269 e. The van der Waals surface area contributed by atoms with E-state index in [0.717, 1.165) is 11.1 Å². The van der Waals surface area contributed by atoms with Crippen LogP contribution < -0.4 is 10.9 Å². The Bertz CT molecular complexity index is 729. The fourth-order valence-corrected chi connectivity index (χ4v) is 2.10. The van der Waals surface area contributed by atoms with E-state index in [1.54, 1.807) is 18.2 Å². The van der Waals surface area contributed by atoms with Gasteiger partial charge in [-0.05, 0) is 42.2 Å². The molecule has 0 saturated carbocycles. The maximum atomic E-state index is 11.9. The van der Waals surface area contributed by atoms with Crippen LogP contribution >= 0.6 is 0 Å². The number of rotatable bonds is 4. The van der Waals surface area contributed by atoms with Gasteiger partial charge < -0.3 is 0 Å². The number of hydrazine groups is 1. The van der Waals surface area contributed by atoms with Crippen LogP contribution in [0.25, 0.3) is 6.08 Å². The van der Waals surface area contributed by atoms with Crippen LogP contribution in [0.5, 0.6) is 0 Å². The molecule has 2 aromatic carbocycles. The lowest BCUT2D eigenvalue weighted by Gasteiger charge is -2.06. The number of hydrogen-bond acceptors (Lipinski definition) is 2. The molecule has 24 heavy (non-hydrogen) atoms.